The summed E-state index contributed by atoms with van der Waals surface area (Å²) in [5, 5.41) is 2.78. The fraction of sp³-hybridized carbons (Fsp3) is 0.529. The van der Waals surface area contributed by atoms with Crippen LogP contribution in [0.25, 0.3) is 0 Å². The Bertz CT molecular complexity index is 494. The molecule has 5 heteroatoms. The van der Waals surface area contributed by atoms with Crippen LogP contribution in [0.4, 0.5) is 4.79 Å². The van der Waals surface area contributed by atoms with E-state index < -0.39 is 17.7 Å². The molecule has 0 aliphatic rings. The van der Waals surface area contributed by atoms with E-state index in [0.29, 0.717) is 13.0 Å². The molecule has 0 spiro atoms. The van der Waals surface area contributed by atoms with Gasteiger partial charge in [0.1, 0.15) is 11.6 Å². The van der Waals surface area contributed by atoms with Crippen molar-refractivity contribution in [1.29, 1.82) is 0 Å². The van der Waals surface area contributed by atoms with Crippen molar-refractivity contribution in [2.45, 2.75) is 45.8 Å². The standard InChI is InChI=1S/C17H26N2O3/c1-6-18-15(20)14(12-13-10-8-7-9-11-13)19(5)16(21)22-17(2,3)4/h7-11,14H,6,12H2,1-5H3,(H,18,20)/t14-/m1/s1. The molecule has 1 rings (SSSR count). The number of carbonyl (C=O) groups is 2. The molecule has 0 aliphatic carbocycles. The van der Waals surface area contributed by atoms with Crippen LogP contribution in [0.1, 0.15) is 33.3 Å². The Balaban J connectivity index is 2.89. The average Bonchev–Trinajstić information content (AvgIpc) is 2.43. The first-order valence-corrected chi connectivity index (χ1v) is 7.52. The number of nitrogens with one attached hydrogen (secondary N) is 1. The van der Waals surface area contributed by atoms with Crippen molar-refractivity contribution in [3.8, 4) is 0 Å². The first-order valence-electron chi connectivity index (χ1n) is 7.52. The van der Waals surface area contributed by atoms with Crippen LogP contribution < -0.4 is 5.32 Å². The van der Waals surface area contributed by atoms with Gasteiger partial charge in [-0.3, -0.25) is 9.69 Å². The highest BCUT2D eigenvalue weighted by Gasteiger charge is 2.30. The number of ether oxygens (including phenoxy) is 1. The van der Waals surface area contributed by atoms with Gasteiger partial charge in [-0.2, -0.15) is 0 Å². The van der Waals surface area contributed by atoms with Gasteiger partial charge < -0.3 is 10.1 Å². The van der Waals surface area contributed by atoms with Gasteiger partial charge in [-0.05, 0) is 33.3 Å². The summed E-state index contributed by atoms with van der Waals surface area (Å²) in [5.41, 5.74) is 0.401. The van der Waals surface area contributed by atoms with Crippen molar-refractivity contribution in [3.63, 3.8) is 0 Å². The molecule has 0 aromatic heterocycles. The molecule has 1 aromatic rings. The first-order chi connectivity index (χ1) is 10.2. The third-order valence-electron chi connectivity index (χ3n) is 3.07. The van der Waals surface area contributed by atoms with Crippen LogP contribution in [-0.2, 0) is 16.0 Å². The Morgan fingerprint density at radius 2 is 1.82 bits per heavy atom. The van der Waals surface area contributed by atoms with Crippen molar-refractivity contribution in [2.24, 2.45) is 0 Å². The van der Waals surface area contributed by atoms with Gasteiger partial charge in [0.25, 0.3) is 0 Å². The van der Waals surface area contributed by atoms with Crippen molar-refractivity contribution in [2.75, 3.05) is 13.6 Å². The van der Waals surface area contributed by atoms with Gasteiger partial charge in [-0.1, -0.05) is 30.3 Å². The van der Waals surface area contributed by atoms with E-state index in [-0.39, 0.29) is 5.91 Å². The third-order valence-corrected chi connectivity index (χ3v) is 3.07. The highest BCUT2D eigenvalue weighted by Crippen LogP contribution is 2.14. The molecular formula is C17H26N2O3. The second kappa shape index (κ2) is 7.82. The van der Waals surface area contributed by atoms with E-state index in [1.54, 1.807) is 27.8 Å². The van der Waals surface area contributed by atoms with Crippen LogP contribution in [0.5, 0.6) is 0 Å². The summed E-state index contributed by atoms with van der Waals surface area (Å²) in [6.45, 7) is 7.78. The Morgan fingerprint density at radius 1 is 1.23 bits per heavy atom. The molecule has 1 atom stereocenters. The number of benzene rings is 1. The van der Waals surface area contributed by atoms with Crippen molar-refractivity contribution >= 4 is 12.0 Å². The molecule has 2 amide bonds. The Kier molecular flexibility index (Phi) is 6.40. The number of amides is 2. The number of likely N-dealkylation sites (N-methyl/N-ethyl adjacent to an activating group) is 2. The number of hydrogen-bond donors (Lipinski definition) is 1. The fourth-order valence-electron chi connectivity index (χ4n) is 2.00. The molecular weight excluding hydrogens is 280 g/mol. The molecule has 22 heavy (non-hydrogen) atoms. The lowest BCUT2D eigenvalue weighted by molar-refractivity contribution is -0.125. The Morgan fingerprint density at radius 3 is 2.32 bits per heavy atom. The van der Waals surface area contributed by atoms with Gasteiger partial charge in [0.2, 0.25) is 5.91 Å². The summed E-state index contributed by atoms with van der Waals surface area (Å²) in [5.74, 6) is -0.181. The largest absolute Gasteiger partial charge is 0.444 e. The lowest BCUT2D eigenvalue weighted by Crippen LogP contribution is -2.50. The minimum Gasteiger partial charge on any atom is -0.444 e. The van der Waals surface area contributed by atoms with Crippen LogP contribution in [0, 0.1) is 0 Å². The molecule has 0 bridgehead atoms. The van der Waals surface area contributed by atoms with Crippen LogP contribution in [-0.4, -0.2) is 42.1 Å². The predicted molar refractivity (Wildman–Crippen MR) is 86.6 cm³/mol. The Labute approximate surface area is 132 Å². The summed E-state index contributed by atoms with van der Waals surface area (Å²) < 4.78 is 5.35. The highest BCUT2D eigenvalue weighted by atomic mass is 16.6. The molecule has 0 radical (unpaired) electrons. The van der Waals surface area contributed by atoms with E-state index in [4.69, 9.17) is 4.74 Å². The fourth-order valence-corrected chi connectivity index (χ4v) is 2.00. The maximum Gasteiger partial charge on any atom is 0.410 e. The first kappa shape index (κ1) is 18.0. The summed E-state index contributed by atoms with van der Waals surface area (Å²) in [4.78, 5) is 25.9. The van der Waals surface area contributed by atoms with Gasteiger partial charge in [0, 0.05) is 20.0 Å². The molecule has 0 saturated carbocycles. The number of carbonyl (C=O) groups excluding carboxylic acids is 2. The summed E-state index contributed by atoms with van der Waals surface area (Å²) in [6.07, 6.45) is -0.0535. The van der Waals surface area contributed by atoms with Crippen LogP contribution in [0.3, 0.4) is 0 Å². The monoisotopic (exact) mass is 306 g/mol. The van der Waals surface area contributed by atoms with Gasteiger partial charge in [0.15, 0.2) is 0 Å². The second-order valence-electron chi connectivity index (χ2n) is 6.19. The minimum atomic E-state index is -0.600. The van der Waals surface area contributed by atoms with Crippen LogP contribution in [0.15, 0.2) is 30.3 Å². The van der Waals surface area contributed by atoms with Gasteiger partial charge in [-0.25, -0.2) is 4.79 Å². The van der Waals surface area contributed by atoms with E-state index in [1.807, 2.05) is 37.3 Å². The zero-order valence-corrected chi connectivity index (χ0v) is 14.1. The number of hydrogen-bond acceptors (Lipinski definition) is 3. The average molecular weight is 306 g/mol. The third kappa shape index (κ3) is 5.76. The second-order valence-corrected chi connectivity index (χ2v) is 6.19. The number of nitrogens with zero attached hydrogens (tertiary/aromatic N) is 1. The van der Waals surface area contributed by atoms with E-state index in [1.165, 1.54) is 4.90 Å². The van der Waals surface area contributed by atoms with Crippen molar-refractivity contribution in [3.05, 3.63) is 35.9 Å². The molecule has 0 heterocycles. The summed E-state index contributed by atoms with van der Waals surface area (Å²) in [6, 6.07) is 9.03. The van der Waals surface area contributed by atoms with Crippen molar-refractivity contribution < 1.29 is 14.3 Å². The van der Waals surface area contributed by atoms with Gasteiger partial charge in [0.05, 0.1) is 0 Å². The molecule has 0 fully saturated rings. The lowest BCUT2D eigenvalue weighted by Gasteiger charge is -2.30. The normalized spacial score (nSPS) is 12.4. The zero-order chi connectivity index (χ0) is 16.8. The summed E-state index contributed by atoms with van der Waals surface area (Å²) >= 11 is 0. The lowest BCUT2D eigenvalue weighted by atomic mass is 10.0. The number of rotatable bonds is 5. The molecule has 122 valence electrons. The van der Waals surface area contributed by atoms with Gasteiger partial charge >= 0.3 is 6.09 Å². The predicted octanol–water partition coefficient (Wildman–Crippen LogP) is 2.60. The SMILES string of the molecule is CCNC(=O)[C@@H](Cc1ccccc1)N(C)C(=O)OC(C)(C)C. The maximum atomic E-state index is 12.3. The van der Waals surface area contributed by atoms with E-state index >= 15 is 0 Å². The van der Waals surface area contributed by atoms with E-state index in [2.05, 4.69) is 5.32 Å². The Hall–Kier alpha value is -2.04. The van der Waals surface area contributed by atoms with Crippen molar-refractivity contribution in [1.82, 2.24) is 10.2 Å². The molecule has 0 saturated heterocycles. The molecule has 5 nitrogen and oxygen atoms in total. The zero-order valence-electron chi connectivity index (χ0n) is 14.1. The quantitative estimate of drug-likeness (QED) is 0.909. The topological polar surface area (TPSA) is 58.6 Å². The maximum absolute atomic E-state index is 12.3. The molecule has 1 N–H and O–H groups in total. The molecule has 0 unspecified atom stereocenters. The highest BCUT2D eigenvalue weighted by molar-refractivity contribution is 5.85. The van der Waals surface area contributed by atoms with Crippen LogP contribution in [0.2, 0.25) is 0 Å². The van der Waals surface area contributed by atoms with E-state index in [0.717, 1.165) is 5.56 Å². The summed E-state index contributed by atoms with van der Waals surface area (Å²) in [7, 11) is 1.59. The molecule has 1 aromatic carbocycles. The molecule has 0 aliphatic heterocycles. The van der Waals surface area contributed by atoms with Crippen LogP contribution >= 0.6 is 0 Å². The van der Waals surface area contributed by atoms with E-state index in [9.17, 15) is 9.59 Å². The smallest absolute Gasteiger partial charge is 0.410 e. The van der Waals surface area contributed by atoms with Gasteiger partial charge in [-0.15, -0.1) is 0 Å². The minimum absolute atomic E-state index is 0.181.